The van der Waals surface area contributed by atoms with E-state index in [4.69, 9.17) is 32.7 Å². The first-order valence-corrected chi connectivity index (χ1v) is 21.8. The van der Waals surface area contributed by atoms with Crippen molar-refractivity contribution in [3.05, 3.63) is 0 Å². The Bertz CT molecular complexity index is 761. The van der Waals surface area contributed by atoms with Crippen LogP contribution in [-0.4, -0.2) is 29.8 Å². The van der Waals surface area contributed by atoms with E-state index in [-0.39, 0.29) is 10.8 Å². The van der Waals surface area contributed by atoms with Gasteiger partial charge in [-0.2, -0.15) is 0 Å². The summed E-state index contributed by atoms with van der Waals surface area (Å²) in [6, 6.07) is 0. The van der Waals surface area contributed by atoms with Crippen LogP contribution in [0.2, 0.25) is 0 Å². The fourth-order valence-electron chi connectivity index (χ4n) is 11.4. The summed E-state index contributed by atoms with van der Waals surface area (Å²) in [5, 5.41) is 0. The summed E-state index contributed by atoms with van der Waals surface area (Å²) in [4.78, 5) is 0. The van der Waals surface area contributed by atoms with Gasteiger partial charge in [0.1, 0.15) is 4.33 Å². The monoisotopic (exact) mass is 681 g/mol. The fraction of sp³-hybridized carbons (Fsp3) is 1.00. The Balaban J connectivity index is 0.947. The van der Waals surface area contributed by atoms with Gasteiger partial charge in [-0.05, 0) is 146 Å². The Hall–Kier alpha value is 0.500. The Morgan fingerprint density at radius 2 is 0.761 bits per heavy atom. The molecule has 0 radical (unpaired) electrons. The van der Waals surface area contributed by atoms with Crippen LogP contribution in [0.3, 0.4) is 0 Å². The Morgan fingerprint density at radius 1 is 0.435 bits per heavy atom. The molecule has 0 aromatic carbocycles. The van der Waals surface area contributed by atoms with Gasteiger partial charge in [-0.25, -0.2) is 0 Å². The van der Waals surface area contributed by atoms with E-state index in [9.17, 15) is 0 Å². The van der Waals surface area contributed by atoms with Gasteiger partial charge in [-0.3, -0.25) is 0 Å². The number of alkyl halides is 2. The first-order valence-electron chi connectivity index (χ1n) is 21.0. The summed E-state index contributed by atoms with van der Waals surface area (Å²) in [7, 11) is 0. The highest BCUT2D eigenvalue weighted by molar-refractivity contribution is 6.50. The van der Waals surface area contributed by atoms with Crippen molar-refractivity contribution >= 4 is 23.2 Å². The molecule has 5 fully saturated rings. The molecule has 2 nitrogen and oxygen atoms in total. The van der Waals surface area contributed by atoms with Crippen LogP contribution in [-0.2, 0) is 9.47 Å². The van der Waals surface area contributed by atoms with Crippen molar-refractivity contribution in [3.63, 3.8) is 0 Å². The molecule has 5 aliphatic carbocycles. The highest BCUT2D eigenvalue weighted by Gasteiger charge is 2.72. The van der Waals surface area contributed by atoms with Crippen LogP contribution in [0.15, 0.2) is 0 Å². The molecule has 0 saturated heterocycles. The number of hydrogen-bond acceptors (Lipinski definition) is 2. The minimum atomic E-state index is -0.500. The van der Waals surface area contributed by atoms with Crippen LogP contribution >= 0.6 is 23.2 Å². The van der Waals surface area contributed by atoms with E-state index in [0.29, 0.717) is 12.2 Å². The van der Waals surface area contributed by atoms with Crippen molar-refractivity contribution in [2.45, 2.75) is 217 Å². The van der Waals surface area contributed by atoms with Gasteiger partial charge in [-0.15, -0.1) is 23.2 Å². The lowest BCUT2D eigenvalue weighted by molar-refractivity contribution is -0.123. The molecule has 0 atom stereocenters. The Kier molecular flexibility index (Phi) is 15.3. The van der Waals surface area contributed by atoms with Gasteiger partial charge in [-0.1, -0.05) is 78.1 Å². The maximum absolute atomic E-state index is 7.50. The standard InChI is InChI=1S/C42H74Cl2O2/c1-3-5-7-9-11-13-31-45-38-19-15-34(16-20-38)36-23-27-40(28-24-36)33-41(42(40,43)44)29-25-37(26-30-41)35-17-21-39(22-18-35)46-32-14-12-10-8-6-4-2/h34-39H,3-33H2,1-2H3/t34-,35-,36?,37?,38-,39-,40?,41?. The molecule has 0 unspecified atom stereocenters. The van der Waals surface area contributed by atoms with E-state index < -0.39 is 4.33 Å². The van der Waals surface area contributed by atoms with Gasteiger partial charge in [0.15, 0.2) is 0 Å². The average molecular weight is 682 g/mol. The maximum atomic E-state index is 7.50. The van der Waals surface area contributed by atoms with Crippen molar-refractivity contribution in [2.24, 2.45) is 34.5 Å². The van der Waals surface area contributed by atoms with Crippen LogP contribution < -0.4 is 0 Å². The molecule has 0 aromatic rings. The normalized spacial score (nSPS) is 37.8. The molecule has 268 valence electrons. The van der Waals surface area contributed by atoms with Gasteiger partial charge >= 0.3 is 0 Å². The zero-order valence-electron chi connectivity index (χ0n) is 30.5. The van der Waals surface area contributed by atoms with E-state index in [1.54, 1.807) is 0 Å². The van der Waals surface area contributed by atoms with Gasteiger partial charge in [0.05, 0.1) is 12.2 Å². The third-order valence-electron chi connectivity index (χ3n) is 14.5. The zero-order chi connectivity index (χ0) is 32.3. The summed E-state index contributed by atoms with van der Waals surface area (Å²) < 4.78 is 12.1. The topological polar surface area (TPSA) is 18.5 Å². The molecule has 5 rings (SSSR count). The summed E-state index contributed by atoms with van der Waals surface area (Å²) in [5.74, 6) is 3.61. The molecular formula is C42H74Cl2O2. The van der Waals surface area contributed by atoms with Crippen molar-refractivity contribution in [2.75, 3.05) is 13.2 Å². The lowest BCUT2D eigenvalue weighted by Crippen LogP contribution is -2.66. The SMILES string of the molecule is CCCCCCCCO[C@H]1CC[C@H](C2CCC3(CC2)CC2(CCC([C@H]4CC[C@H](OCCCCCCCC)CC4)CC2)C3(Cl)Cl)CC1. The zero-order valence-corrected chi connectivity index (χ0v) is 32.0. The van der Waals surface area contributed by atoms with Crippen LogP contribution in [0.4, 0.5) is 0 Å². The van der Waals surface area contributed by atoms with Crippen molar-refractivity contribution in [1.82, 2.24) is 0 Å². The summed E-state index contributed by atoms with van der Waals surface area (Å²) in [5.41, 5.74) is 0.393. The lowest BCUT2D eigenvalue weighted by Gasteiger charge is -2.69. The number of hydrogen-bond donors (Lipinski definition) is 0. The molecule has 0 amide bonds. The molecule has 0 aromatic heterocycles. The number of unbranched alkanes of at least 4 members (excludes halogenated alkanes) is 10. The van der Waals surface area contributed by atoms with E-state index >= 15 is 0 Å². The quantitative estimate of drug-likeness (QED) is 0.106. The highest BCUT2D eigenvalue weighted by Crippen LogP contribution is 2.77. The first-order chi connectivity index (χ1) is 22.4. The minimum Gasteiger partial charge on any atom is -0.378 e. The lowest BCUT2D eigenvalue weighted by atomic mass is 9.42. The van der Waals surface area contributed by atoms with E-state index in [1.807, 2.05) is 0 Å². The second-order valence-corrected chi connectivity index (χ2v) is 18.7. The fourth-order valence-corrected chi connectivity index (χ4v) is 12.4. The van der Waals surface area contributed by atoms with E-state index in [1.165, 1.54) is 186 Å². The predicted molar refractivity (Wildman–Crippen MR) is 198 cm³/mol. The molecule has 0 bridgehead atoms. The number of halogens is 2. The molecule has 0 heterocycles. The van der Waals surface area contributed by atoms with Crippen LogP contribution in [0.5, 0.6) is 0 Å². The third-order valence-corrected chi connectivity index (χ3v) is 16.1. The third kappa shape index (κ3) is 9.43. The average Bonchev–Trinajstić information content (AvgIpc) is 3.09. The Morgan fingerprint density at radius 3 is 1.11 bits per heavy atom. The summed E-state index contributed by atoms with van der Waals surface area (Å²) in [6.45, 7) is 6.56. The highest BCUT2D eigenvalue weighted by atomic mass is 35.5. The van der Waals surface area contributed by atoms with Crippen molar-refractivity contribution in [3.8, 4) is 0 Å². The minimum absolute atomic E-state index is 0.197. The smallest absolute Gasteiger partial charge is 0.129 e. The van der Waals surface area contributed by atoms with Gasteiger partial charge in [0.25, 0.3) is 0 Å². The van der Waals surface area contributed by atoms with E-state index in [0.717, 1.165) is 36.9 Å². The molecule has 5 saturated carbocycles. The van der Waals surface area contributed by atoms with Gasteiger partial charge in [0, 0.05) is 24.0 Å². The van der Waals surface area contributed by atoms with Crippen molar-refractivity contribution in [1.29, 1.82) is 0 Å². The molecule has 4 heteroatoms. The van der Waals surface area contributed by atoms with Gasteiger partial charge in [0.2, 0.25) is 0 Å². The predicted octanol–water partition coefficient (Wildman–Crippen LogP) is 13.8. The van der Waals surface area contributed by atoms with Crippen LogP contribution in [0, 0.1) is 34.5 Å². The molecule has 5 aliphatic rings. The second-order valence-electron chi connectivity index (χ2n) is 17.3. The molecule has 46 heavy (non-hydrogen) atoms. The van der Waals surface area contributed by atoms with Crippen LogP contribution in [0.25, 0.3) is 0 Å². The van der Waals surface area contributed by atoms with Crippen LogP contribution in [0.1, 0.15) is 200 Å². The maximum Gasteiger partial charge on any atom is 0.129 e. The number of ether oxygens (including phenoxy) is 2. The summed E-state index contributed by atoms with van der Waals surface area (Å²) >= 11 is 15.0. The largest absolute Gasteiger partial charge is 0.378 e. The second kappa shape index (κ2) is 18.7. The van der Waals surface area contributed by atoms with Gasteiger partial charge < -0.3 is 9.47 Å². The Labute approximate surface area is 296 Å². The molecule has 2 spiro atoms. The molecule has 0 N–H and O–H groups in total. The van der Waals surface area contributed by atoms with Crippen molar-refractivity contribution < 1.29 is 9.47 Å². The molecular weight excluding hydrogens is 607 g/mol. The first kappa shape index (κ1) is 37.7. The number of rotatable bonds is 18. The summed E-state index contributed by atoms with van der Waals surface area (Å²) in [6.07, 6.45) is 39.8. The molecule has 0 aliphatic heterocycles. The van der Waals surface area contributed by atoms with E-state index in [2.05, 4.69) is 13.8 Å².